The smallest absolute Gasteiger partial charge is 0.243 e. The monoisotopic (exact) mass is 468 g/mol. The molecule has 0 aliphatic carbocycles. The van der Waals surface area contributed by atoms with E-state index < -0.39 is 0 Å². The first-order chi connectivity index (χ1) is 16.9. The molecule has 4 aromatic rings. The largest absolute Gasteiger partial charge is 0.497 e. The molecule has 0 unspecified atom stereocenters. The Balaban J connectivity index is 1.59. The van der Waals surface area contributed by atoms with Crippen molar-refractivity contribution in [2.24, 2.45) is 0 Å². The summed E-state index contributed by atoms with van der Waals surface area (Å²) in [5.74, 6) is 1.64. The zero-order valence-electron chi connectivity index (χ0n) is 19.7. The van der Waals surface area contributed by atoms with E-state index in [4.69, 9.17) is 9.15 Å². The Bertz CT molecular complexity index is 1450. The molecule has 0 radical (unpaired) electrons. The Morgan fingerprint density at radius 2 is 1.91 bits per heavy atom. The zero-order chi connectivity index (χ0) is 24.5. The number of aromatic nitrogens is 3. The molecule has 1 aliphatic rings. The third kappa shape index (κ3) is 4.50. The van der Waals surface area contributed by atoms with Gasteiger partial charge in [-0.1, -0.05) is 24.3 Å². The minimum atomic E-state index is -0.170. The minimum absolute atomic E-state index is 0.0711. The fraction of sp³-hybridized carbons (Fsp3) is 0.185. The molecule has 0 atom stereocenters. The maximum absolute atomic E-state index is 13.6. The number of hydrogen-bond donors (Lipinski definition) is 0. The fourth-order valence-electron chi connectivity index (χ4n) is 4.08. The molecule has 176 valence electrons. The predicted molar refractivity (Wildman–Crippen MR) is 132 cm³/mol. The number of nitrogens with zero attached hydrogens (tertiary/aromatic N) is 4. The molecule has 3 heterocycles. The van der Waals surface area contributed by atoms with Crippen LogP contribution in [0.15, 0.2) is 65.5 Å². The zero-order valence-corrected chi connectivity index (χ0v) is 19.7. The topological polar surface area (TPSA) is 90.5 Å². The third-order valence-electron chi connectivity index (χ3n) is 5.93. The molecular formula is C27H24N4O4. The van der Waals surface area contributed by atoms with Crippen LogP contribution in [0.2, 0.25) is 0 Å². The van der Waals surface area contributed by atoms with Gasteiger partial charge in [-0.05, 0) is 47.9 Å². The number of carbonyl (C=O) groups excluding carboxylic acids is 2. The molecule has 8 heteroatoms. The van der Waals surface area contributed by atoms with Crippen LogP contribution < -0.4 is 9.64 Å². The van der Waals surface area contributed by atoms with Crippen LogP contribution in [-0.4, -0.2) is 33.7 Å². The highest BCUT2D eigenvalue weighted by atomic mass is 16.5. The number of benzene rings is 2. The van der Waals surface area contributed by atoms with Gasteiger partial charge in [0.25, 0.3) is 0 Å². The van der Waals surface area contributed by atoms with Crippen LogP contribution in [-0.2, 0) is 11.3 Å². The lowest BCUT2D eigenvalue weighted by atomic mass is 10.0. The standard InChI is InChI=1S/C27H24N4O4/c1-17-13-28-27(35-17)22-10-21-7-6-20(23-14-29-31(16-23)18(2)32)11-25(21)30(26(33)12-22)15-19-4-8-24(34-3)9-5-19/h4-11,13-14,16H,12,15H2,1-3H3. The first-order valence-electron chi connectivity index (χ1n) is 11.2. The van der Waals surface area contributed by atoms with Crippen molar-refractivity contribution < 1.29 is 18.7 Å². The van der Waals surface area contributed by atoms with E-state index in [2.05, 4.69) is 10.1 Å². The highest BCUT2D eigenvalue weighted by Gasteiger charge is 2.26. The van der Waals surface area contributed by atoms with Crippen molar-refractivity contribution in [2.75, 3.05) is 12.0 Å². The van der Waals surface area contributed by atoms with Crippen LogP contribution in [0, 0.1) is 6.92 Å². The van der Waals surface area contributed by atoms with Crippen molar-refractivity contribution in [3.63, 3.8) is 0 Å². The van der Waals surface area contributed by atoms with Crippen LogP contribution in [0.4, 0.5) is 5.69 Å². The van der Waals surface area contributed by atoms with Crippen LogP contribution in [0.3, 0.4) is 0 Å². The molecule has 0 fully saturated rings. The fourth-order valence-corrected chi connectivity index (χ4v) is 4.08. The van der Waals surface area contributed by atoms with E-state index in [0.29, 0.717) is 18.2 Å². The van der Waals surface area contributed by atoms with E-state index in [1.807, 2.05) is 55.5 Å². The summed E-state index contributed by atoms with van der Waals surface area (Å²) in [6, 6.07) is 13.5. The molecule has 2 aromatic carbocycles. The van der Waals surface area contributed by atoms with Gasteiger partial charge < -0.3 is 14.1 Å². The third-order valence-corrected chi connectivity index (χ3v) is 5.93. The van der Waals surface area contributed by atoms with Crippen LogP contribution >= 0.6 is 0 Å². The molecule has 5 rings (SSSR count). The Morgan fingerprint density at radius 1 is 1.11 bits per heavy atom. The molecule has 0 saturated carbocycles. The summed E-state index contributed by atoms with van der Waals surface area (Å²) in [6.07, 6.45) is 7.09. The van der Waals surface area contributed by atoms with Crippen molar-refractivity contribution in [3.8, 4) is 16.9 Å². The Morgan fingerprint density at radius 3 is 2.57 bits per heavy atom. The van der Waals surface area contributed by atoms with Gasteiger partial charge in [-0.15, -0.1) is 0 Å². The van der Waals surface area contributed by atoms with Gasteiger partial charge in [0, 0.05) is 24.3 Å². The second-order valence-electron chi connectivity index (χ2n) is 8.42. The maximum atomic E-state index is 13.6. The van der Waals surface area contributed by atoms with E-state index in [9.17, 15) is 9.59 Å². The molecule has 35 heavy (non-hydrogen) atoms. The molecule has 8 nitrogen and oxygen atoms in total. The van der Waals surface area contributed by atoms with Crippen molar-refractivity contribution in [1.82, 2.24) is 14.8 Å². The minimum Gasteiger partial charge on any atom is -0.497 e. The summed E-state index contributed by atoms with van der Waals surface area (Å²) in [4.78, 5) is 31.4. The summed E-state index contributed by atoms with van der Waals surface area (Å²) < 4.78 is 12.3. The normalized spacial score (nSPS) is 13.3. The Hall–Kier alpha value is -4.46. The Kier molecular flexibility index (Phi) is 5.78. The number of hydrogen-bond acceptors (Lipinski definition) is 6. The van der Waals surface area contributed by atoms with E-state index in [1.165, 1.54) is 11.6 Å². The highest BCUT2D eigenvalue weighted by molar-refractivity contribution is 6.06. The number of rotatable bonds is 5. The number of ether oxygens (including phenoxy) is 1. The van der Waals surface area contributed by atoms with Crippen molar-refractivity contribution >= 4 is 29.2 Å². The molecular weight excluding hydrogens is 444 g/mol. The molecule has 0 bridgehead atoms. The van der Waals surface area contributed by atoms with E-state index in [-0.39, 0.29) is 18.2 Å². The molecule has 2 aromatic heterocycles. The lowest BCUT2D eigenvalue weighted by Gasteiger charge is -2.24. The van der Waals surface area contributed by atoms with Crippen molar-refractivity contribution in [2.45, 2.75) is 26.8 Å². The van der Waals surface area contributed by atoms with Gasteiger partial charge in [0.1, 0.15) is 11.5 Å². The quantitative estimate of drug-likeness (QED) is 0.410. The molecule has 1 amide bonds. The van der Waals surface area contributed by atoms with Gasteiger partial charge in [-0.3, -0.25) is 9.59 Å². The number of oxazole rings is 1. The summed E-state index contributed by atoms with van der Waals surface area (Å²) in [5, 5.41) is 4.14. The summed E-state index contributed by atoms with van der Waals surface area (Å²) in [6.45, 7) is 3.67. The van der Waals surface area contributed by atoms with E-state index in [0.717, 1.165) is 39.3 Å². The summed E-state index contributed by atoms with van der Waals surface area (Å²) in [7, 11) is 1.62. The number of anilines is 1. The number of amides is 1. The SMILES string of the molecule is COc1ccc(CN2C(=O)CC(c3ncc(C)o3)=Cc3ccc(-c4cnn(C(C)=O)c4)cc32)cc1. The first-order valence-corrected chi connectivity index (χ1v) is 11.2. The molecule has 0 saturated heterocycles. The Labute approximate surface area is 202 Å². The van der Waals surface area contributed by atoms with Gasteiger partial charge in [0.15, 0.2) is 0 Å². The van der Waals surface area contributed by atoms with Crippen molar-refractivity contribution in [3.05, 3.63) is 83.8 Å². The lowest BCUT2D eigenvalue weighted by molar-refractivity contribution is -0.117. The number of carbonyl (C=O) groups is 2. The number of methoxy groups -OCH3 is 1. The number of aryl methyl sites for hydroxylation is 1. The second kappa shape index (κ2) is 9.06. The van der Waals surface area contributed by atoms with Gasteiger partial charge in [0.05, 0.1) is 38.2 Å². The number of fused-ring (bicyclic) bond motifs is 1. The highest BCUT2D eigenvalue weighted by Crippen LogP contribution is 2.36. The predicted octanol–water partition coefficient (Wildman–Crippen LogP) is 4.99. The van der Waals surface area contributed by atoms with E-state index in [1.54, 1.807) is 30.6 Å². The van der Waals surface area contributed by atoms with Crippen LogP contribution in [0.25, 0.3) is 22.8 Å². The van der Waals surface area contributed by atoms with Crippen LogP contribution in [0.5, 0.6) is 5.75 Å². The van der Waals surface area contributed by atoms with Gasteiger partial charge in [0.2, 0.25) is 17.7 Å². The lowest BCUT2D eigenvalue weighted by Crippen LogP contribution is -2.30. The average molecular weight is 469 g/mol. The van der Waals surface area contributed by atoms with Gasteiger partial charge in [-0.25, -0.2) is 9.67 Å². The summed E-state index contributed by atoms with van der Waals surface area (Å²) in [5.41, 5.74) is 4.97. The van der Waals surface area contributed by atoms with Gasteiger partial charge in [-0.2, -0.15) is 5.10 Å². The average Bonchev–Trinajstić information content (AvgIpc) is 3.50. The maximum Gasteiger partial charge on any atom is 0.243 e. The first kappa shape index (κ1) is 22.3. The van der Waals surface area contributed by atoms with Gasteiger partial charge >= 0.3 is 0 Å². The summed E-state index contributed by atoms with van der Waals surface area (Å²) >= 11 is 0. The molecule has 0 spiro atoms. The van der Waals surface area contributed by atoms with Crippen molar-refractivity contribution in [1.29, 1.82) is 0 Å². The molecule has 1 aliphatic heterocycles. The van der Waals surface area contributed by atoms with Crippen LogP contribution in [0.1, 0.15) is 40.9 Å². The van der Waals surface area contributed by atoms with E-state index >= 15 is 0 Å². The second-order valence-corrected chi connectivity index (χ2v) is 8.42. The molecule has 0 N–H and O–H groups in total.